The summed E-state index contributed by atoms with van der Waals surface area (Å²) >= 11 is 5.54. The molecule has 152 valence electrons. The molecule has 0 aromatic heterocycles. The SMILES string of the molecule is O=C(CN1CC(=O)Oc2cc([N+](=O)[O-])ccc21)Nc1ccc(Cl)c(C(F)(F)F)c1. The predicted molar refractivity (Wildman–Crippen MR) is 96.0 cm³/mol. The molecule has 0 radical (unpaired) electrons. The molecule has 0 unspecified atom stereocenters. The van der Waals surface area contributed by atoms with Crippen LogP contribution in [0, 0.1) is 10.1 Å². The maximum absolute atomic E-state index is 12.9. The molecule has 0 saturated heterocycles. The first-order chi connectivity index (χ1) is 13.5. The third-order valence-electron chi connectivity index (χ3n) is 3.93. The number of ether oxygens (including phenoxy) is 1. The van der Waals surface area contributed by atoms with E-state index in [1.54, 1.807) is 0 Å². The summed E-state index contributed by atoms with van der Waals surface area (Å²) in [7, 11) is 0. The highest BCUT2D eigenvalue weighted by molar-refractivity contribution is 6.31. The Hall–Kier alpha value is -3.34. The van der Waals surface area contributed by atoms with Crippen LogP contribution in [-0.4, -0.2) is 29.9 Å². The molecule has 0 atom stereocenters. The zero-order chi connectivity index (χ0) is 21.3. The second kappa shape index (κ2) is 7.59. The number of rotatable bonds is 4. The van der Waals surface area contributed by atoms with Gasteiger partial charge in [-0.05, 0) is 24.3 Å². The maximum Gasteiger partial charge on any atom is 0.417 e. The fraction of sp³-hybridized carbons (Fsp3) is 0.176. The summed E-state index contributed by atoms with van der Waals surface area (Å²) in [6, 6.07) is 6.45. The smallest absolute Gasteiger partial charge is 0.417 e. The van der Waals surface area contributed by atoms with E-state index in [-0.39, 0.29) is 29.4 Å². The Labute approximate surface area is 166 Å². The van der Waals surface area contributed by atoms with Crippen molar-refractivity contribution in [3.63, 3.8) is 0 Å². The van der Waals surface area contributed by atoms with Gasteiger partial charge in [0.05, 0.1) is 33.8 Å². The molecule has 12 heteroatoms. The lowest BCUT2D eigenvalue weighted by Crippen LogP contribution is -2.41. The van der Waals surface area contributed by atoms with Gasteiger partial charge in [0.2, 0.25) is 5.91 Å². The van der Waals surface area contributed by atoms with E-state index in [4.69, 9.17) is 16.3 Å². The van der Waals surface area contributed by atoms with Gasteiger partial charge in [-0.3, -0.25) is 14.9 Å². The molecule has 3 rings (SSSR count). The number of carbonyl (C=O) groups excluding carboxylic acids is 2. The summed E-state index contributed by atoms with van der Waals surface area (Å²) in [6.07, 6.45) is -4.69. The third-order valence-corrected chi connectivity index (χ3v) is 4.26. The fourth-order valence-corrected chi connectivity index (χ4v) is 2.92. The molecule has 1 aliphatic rings. The highest BCUT2D eigenvalue weighted by atomic mass is 35.5. The van der Waals surface area contributed by atoms with Crippen molar-refractivity contribution in [3.05, 3.63) is 57.1 Å². The molecule has 0 fully saturated rings. The average molecular weight is 430 g/mol. The second-order valence-corrected chi connectivity index (χ2v) is 6.39. The van der Waals surface area contributed by atoms with Crippen molar-refractivity contribution in [3.8, 4) is 5.75 Å². The number of alkyl halides is 3. The van der Waals surface area contributed by atoms with E-state index in [2.05, 4.69) is 5.32 Å². The van der Waals surface area contributed by atoms with Crippen LogP contribution >= 0.6 is 11.6 Å². The molecule has 1 heterocycles. The second-order valence-electron chi connectivity index (χ2n) is 5.98. The van der Waals surface area contributed by atoms with Gasteiger partial charge in [-0.2, -0.15) is 13.2 Å². The number of carbonyl (C=O) groups is 2. The minimum Gasteiger partial charge on any atom is -0.423 e. The number of benzene rings is 2. The normalized spacial score (nSPS) is 13.5. The molecule has 0 spiro atoms. The molecule has 2 aromatic rings. The Morgan fingerprint density at radius 2 is 2.00 bits per heavy atom. The molecule has 2 aromatic carbocycles. The van der Waals surface area contributed by atoms with Gasteiger partial charge < -0.3 is 15.0 Å². The zero-order valence-corrected chi connectivity index (χ0v) is 15.1. The van der Waals surface area contributed by atoms with Gasteiger partial charge in [-0.15, -0.1) is 0 Å². The van der Waals surface area contributed by atoms with E-state index >= 15 is 0 Å². The molecule has 0 saturated carbocycles. The van der Waals surface area contributed by atoms with Gasteiger partial charge in [0, 0.05) is 11.8 Å². The summed E-state index contributed by atoms with van der Waals surface area (Å²) < 4.78 is 43.8. The minimum absolute atomic E-state index is 0.0888. The van der Waals surface area contributed by atoms with Crippen LogP contribution in [-0.2, 0) is 15.8 Å². The van der Waals surface area contributed by atoms with Crippen LogP contribution in [0.1, 0.15) is 5.56 Å². The number of nitrogens with zero attached hydrogens (tertiary/aromatic N) is 2. The molecule has 1 N–H and O–H groups in total. The van der Waals surface area contributed by atoms with E-state index in [0.717, 1.165) is 12.1 Å². The first kappa shape index (κ1) is 20.4. The summed E-state index contributed by atoms with van der Waals surface area (Å²) in [5, 5.41) is 12.6. The number of anilines is 2. The lowest BCUT2D eigenvalue weighted by molar-refractivity contribution is -0.384. The highest BCUT2D eigenvalue weighted by Crippen LogP contribution is 2.37. The predicted octanol–water partition coefficient (Wildman–Crippen LogP) is 3.63. The van der Waals surface area contributed by atoms with Gasteiger partial charge in [0.25, 0.3) is 5.69 Å². The van der Waals surface area contributed by atoms with Crippen molar-refractivity contribution < 1.29 is 32.4 Å². The van der Waals surface area contributed by atoms with E-state index in [1.807, 2.05) is 0 Å². The van der Waals surface area contributed by atoms with Crippen LogP contribution in [0.2, 0.25) is 5.02 Å². The Morgan fingerprint density at radius 1 is 1.28 bits per heavy atom. The summed E-state index contributed by atoms with van der Waals surface area (Å²) in [4.78, 5) is 35.5. The summed E-state index contributed by atoms with van der Waals surface area (Å²) in [6.45, 7) is -0.712. The topological polar surface area (TPSA) is 102 Å². The molecule has 0 aliphatic carbocycles. The fourth-order valence-electron chi connectivity index (χ4n) is 2.69. The third kappa shape index (κ3) is 4.57. The first-order valence-electron chi connectivity index (χ1n) is 7.95. The Morgan fingerprint density at radius 3 is 2.66 bits per heavy atom. The number of esters is 1. The molecule has 1 aliphatic heterocycles. The number of fused-ring (bicyclic) bond motifs is 1. The van der Waals surface area contributed by atoms with Crippen molar-refractivity contribution in [2.75, 3.05) is 23.3 Å². The number of nitro benzene ring substituents is 1. The Kier molecular flexibility index (Phi) is 5.33. The standard InChI is InChI=1S/C17H11ClF3N3O5/c18-12-3-1-9(5-11(12)17(19,20)21)22-15(25)7-23-8-16(26)29-14-6-10(24(27)28)2-4-13(14)23/h1-6H,7-8H2,(H,22,25). The Bertz CT molecular complexity index is 1010. The van der Waals surface area contributed by atoms with Crippen molar-refractivity contribution in [2.24, 2.45) is 0 Å². The molecular weight excluding hydrogens is 419 g/mol. The minimum atomic E-state index is -4.69. The van der Waals surface area contributed by atoms with Crippen molar-refractivity contribution >= 4 is 40.5 Å². The van der Waals surface area contributed by atoms with Gasteiger partial charge >= 0.3 is 12.1 Å². The van der Waals surface area contributed by atoms with E-state index in [9.17, 15) is 32.9 Å². The highest BCUT2D eigenvalue weighted by Gasteiger charge is 2.33. The lowest BCUT2D eigenvalue weighted by atomic mass is 10.2. The van der Waals surface area contributed by atoms with E-state index < -0.39 is 40.1 Å². The van der Waals surface area contributed by atoms with Crippen molar-refractivity contribution in [2.45, 2.75) is 6.18 Å². The number of non-ortho nitro benzene ring substituents is 1. The monoisotopic (exact) mass is 429 g/mol. The lowest BCUT2D eigenvalue weighted by Gasteiger charge is -2.29. The number of nitro groups is 1. The van der Waals surface area contributed by atoms with Gasteiger partial charge in [0.1, 0.15) is 6.54 Å². The van der Waals surface area contributed by atoms with Crippen LogP contribution in [0.4, 0.5) is 30.2 Å². The van der Waals surface area contributed by atoms with Crippen LogP contribution in [0.25, 0.3) is 0 Å². The first-order valence-corrected chi connectivity index (χ1v) is 8.33. The van der Waals surface area contributed by atoms with Crippen LogP contribution < -0.4 is 15.0 Å². The Balaban J connectivity index is 1.78. The number of hydrogen-bond acceptors (Lipinski definition) is 6. The maximum atomic E-state index is 12.9. The van der Waals surface area contributed by atoms with Gasteiger partial charge in [-0.1, -0.05) is 11.6 Å². The average Bonchev–Trinajstić information content (AvgIpc) is 2.61. The van der Waals surface area contributed by atoms with E-state index in [1.165, 1.54) is 23.1 Å². The zero-order valence-electron chi connectivity index (χ0n) is 14.3. The summed E-state index contributed by atoms with van der Waals surface area (Å²) in [5.74, 6) is -1.54. The summed E-state index contributed by atoms with van der Waals surface area (Å²) in [5.41, 5.74) is -1.27. The molecule has 29 heavy (non-hydrogen) atoms. The molecular formula is C17H11ClF3N3O5. The number of amides is 1. The van der Waals surface area contributed by atoms with Crippen LogP contribution in [0.15, 0.2) is 36.4 Å². The van der Waals surface area contributed by atoms with Crippen molar-refractivity contribution in [1.82, 2.24) is 0 Å². The quantitative estimate of drug-likeness (QED) is 0.344. The molecule has 1 amide bonds. The van der Waals surface area contributed by atoms with Crippen LogP contribution in [0.5, 0.6) is 5.75 Å². The van der Waals surface area contributed by atoms with Gasteiger partial charge in [-0.25, -0.2) is 4.79 Å². The van der Waals surface area contributed by atoms with E-state index in [0.29, 0.717) is 6.07 Å². The largest absolute Gasteiger partial charge is 0.423 e. The molecule has 0 bridgehead atoms. The molecule has 8 nitrogen and oxygen atoms in total. The van der Waals surface area contributed by atoms with Gasteiger partial charge in [0.15, 0.2) is 5.75 Å². The number of halogens is 4. The van der Waals surface area contributed by atoms with Crippen LogP contribution in [0.3, 0.4) is 0 Å². The van der Waals surface area contributed by atoms with Crippen molar-refractivity contribution in [1.29, 1.82) is 0 Å². The number of nitrogens with one attached hydrogen (secondary N) is 1. The number of hydrogen-bond donors (Lipinski definition) is 1.